The zero-order valence-electron chi connectivity index (χ0n) is 10.1. The molecular formula is C11H24N2O2. The van der Waals surface area contributed by atoms with E-state index in [1.165, 1.54) is 0 Å². The summed E-state index contributed by atoms with van der Waals surface area (Å²) in [5.41, 5.74) is 5.57. The first-order valence-corrected chi connectivity index (χ1v) is 5.70. The van der Waals surface area contributed by atoms with Gasteiger partial charge in [0.2, 0.25) is 0 Å². The van der Waals surface area contributed by atoms with Gasteiger partial charge in [-0.25, -0.2) is 0 Å². The summed E-state index contributed by atoms with van der Waals surface area (Å²) in [6.07, 6.45) is 1.98. The van der Waals surface area contributed by atoms with Gasteiger partial charge < -0.3 is 15.8 Å². The van der Waals surface area contributed by atoms with E-state index in [1.807, 2.05) is 13.8 Å². The SMILES string of the molecule is CCCCOC(=O)C(C)CNCC(C)N. The van der Waals surface area contributed by atoms with Crippen LogP contribution in [0.1, 0.15) is 33.6 Å². The van der Waals surface area contributed by atoms with Gasteiger partial charge in [-0.1, -0.05) is 20.3 Å². The van der Waals surface area contributed by atoms with Crippen LogP contribution >= 0.6 is 0 Å². The van der Waals surface area contributed by atoms with Gasteiger partial charge in [0.15, 0.2) is 0 Å². The van der Waals surface area contributed by atoms with Crippen molar-refractivity contribution >= 4 is 5.97 Å². The molecule has 0 saturated carbocycles. The van der Waals surface area contributed by atoms with E-state index in [0.717, 1.165) is 19.4 Å². The number of unbranched alkanes of at least 4 members (excludes halogenated alkanes) is 1. The second-order valence-electron chi connectivity index (χ2n) is 4.06. The third kappa shape index (κ3) is 8.39. The van der Waals surface area contributed by atoms with Crippen molar-refractivity contribution in [2.75, 3.05) is 19.7 Å². The Morgan fingerprint density at radius 3 is 2.60 bits per heavy atom. The van der Waals surface area contributed by atoms with Gasteiger partial charge in [0.05, 0.1) is 12.5 Å². The molecule has 0 aliphatic rings. The van der Waals surface area contributed by atoms with E-state index in [0.29, 0.717) is 13.2 Å². The summed E-state index contributed by atoms with van der Waals surface area (Å²) < 4.78 is 5.09. The van der Waals surface area contributed by atoms with E-state index in [1.54, 1.807) is 0 Å². The first-order chi connectivity index (χ1) is 7.07. The fraction of sp³-hybridized carbons (Fsp3) is 0.909. The fourth-order valence-electron chi connectivity index (χ4n) is 1.07. The van der Waals surface area contributed by atoms with Gasteiger partial charge in [-0.3, -0.25) is 4.79 Å². The lowest BCUT2D eigenvalue weighted by Crippen LogP contribution is -2.35. The quantitative estimate of drug-likeness (QED) is 0.467. The zero-order valence-corrected chi connectivity index (χ0v) is 10.1. The largest absolute Gasteiger partial charge is 0.465 e. The number of hydrogen-bond acceptors (Lipinski definition) is 4. The van der Waals surface area contributed by atoms with Gasteiger partial charge in [-0.05, 0) is 13.3 Å². The number of nitrogens with one attached hydrogen (secondary N) is 1. The molecule has 2 unspecified atom stereocenters. The van der Waals surface area contributed by atoms with Gasteiger partial charge in [0.25, 0.3) is 0 Å². The average Bonchev–Trinajstić information content (AvgIpc) is 2.17. The van der Waals surface area contributed by atoms with E-state index in [4.69, 9.17) is 10.5 Å². The summed E-state index contributed by atoms with van der Waals surface area (Å²) in [7, 11) is 0. The predicted octanol–water partition coefficient (Wildman–Crippen LogP) is 0.903. The van der Waals surface area contributed by atoms with Crippen molar-refractivity contribution in [3.8, 4) is 0 Å². The van der Waals surface area contributed by atoms with Gasteiger partial charge in [-0.2, -0.15) is 0 Å². The Morgan fingerprint density at radius 1 is 1.40 bits per heavy atom. The molecular weight excluding hydrogens is 192 g/mol. The summed E-state index contributed by atoms with van der Waals surface area (Å²) >= 11 is 0. The van der Waals surface area contributed by atoms with E-state index in [-0.39, 0.29) is 17.9 Å². The third-order valence-electron chi connectivity index (χ3n) is 2.06. The normalized spacial score (nSPS) is 14.7. The molecule has 0 radical (unpaired) electrons. The smallest absolute Gasteiger partial charge is 0.309 e. The lowest BCUT2D eigenvalue weighted by molar-refractivity contribution is -0.147. The van der Waals surface area contributed by atoms with Crippen LogP contribution in [-0.2, 0) is 9.53 Å². The molecule has 4 heteroatoms. The molecule has 15 heavy (non-hydrogen) atoms. The van der Waals surface area contributed by atoms with Gasteiger partial charge in [-0.15, -0.1) is 0 Å². The van der Waals surface area contributed by atoms with Crippen LogP contribution in [0.25, 0.3) is 0 Å². The number of hydrogen-bond donors (Lipinski definition) is 2. The number of rotatable bonds is 8. The first-order valence-electron chi connectivity index (χ1n) is 5.70. The van der Waals surface area contributed by atoms with E-state index in [9.17, 15) is 4.79 Å². The van der Waals surface area contributed by atoms with Crippen molar-refractivity contribution < 1.29 is 9.53 Å². The standard InChI is InChI=1S/C11H24N2O2/c1-4-5-6-15-11(14)9(2)7-13-8-10(3)12/h9-10,13H,4-8,12H2,1-3H3. The van der Waals surface area contributed by atoms with Crippen LogP contribution in [0.5, 0.6) is 0 Å². The van der Waals surface area contributed by atoms with E-state index >= 15 is 0 Å². The van der Waals surface area contributed by atoms with Crippen molar-refractivity contribution in [1.29, 1.82) is 0 Å². The Hall–Kier alpha value is -0.610. The summed E-state index contributed by atoms with van der Waals surface area (Å²) in [6.45, 7) is 7.76. The Morgan fingerprint density at radius 2 is 2.07 bits per heavy atom. The molecule has 4 nitrogen and oxygen atoms in total. The number of nitrogens with two attached hydrogens (primary N) is 1. The lowest BCUT2D eigenvalue weighted by atomic mass is 10.2. The minimum absolute atomic E-state index is 0.0967. The zero-order chi connectivity index (χ0) is 11.7. The molecule has 0 aromatic carbocycles. The third-order valence-corrected chi connectivity index (χ3v) is 2.06. The van der Waals surface area contributed by atoms with Gasteiger partial charge in [0.1, 0.15) is 0 Å². The molecule has 0 amide bonds. The van der Waals surface area contributed by atoms with Gasteiger partial charge >= 0.3 is 5.97 Å². The molecule has 2 atom stereocenters. The van der Waals surface area contributed by atoms with Gasteiger partial charge in [0, 0.05) is 19.1 Å². The highest BCUT2D eigenvalue weighted by atomic mass is 16.5. The number of esters is 1. The number of carbonyl (C=O) groups excluding carboxylic acids is 1. The Bertz CT molecular complexity index is 172. The van der Waals surface area contributed by atoms with E-state index in [2.05, 4.69) is 12.2 Å². The Labute approximate surface area is 92.6 Å². The maximum absolute atomic E-state index is 11.4. The molecule has 0 saturated heterocycles. The molecule has 90 valence electrons. The van der Waals surface area contributed by atoms with Crippen LogP contribution in [0.3, 0.4) is 0 Å². The van der Waals surface area contributed by atoms with Crippen LogP contribution in [0, 0.1) is 5.92 Å². The fourth-order valence-corrected chi connectivity index (χ4v) is 1.07. The molecule has 0 aromatic rings. The number of ether oxygens (including phenoxy) is 1. The second kappa shape index (κ2) is 8.68. The molecule has 0 spiro atoms. The molecule has 0 aliphatic carbocycles. The maximum Gasteiger partial charge on any atom is 0.309 e. The van der Waals surface area contributed by atoms with Crippen LogP contribution in [0.15, 0.2) is 0 Å². The molecule has 0 fully saturated rings. The lowest BCUT2D eigenvalue weighted by Gasteiger charge is -2.13. The molecule has 0 bridgehead atoms. The minimum Gasteiger partial charge on any atom is -0.465 e. The molecule has 0 rings (SSSR count). The van der Waals surface area contributed by atoms with Crippen LogP contribution in [0.4, 0.5) is 0 Å². The highest BCUT2D eigenvalue weighted by molar-refractivity contribution is 5.72. The molecule has 0 heterocycles. The van der Waals surface area contributed by atoms with Crippen LogP contribution < -0.4 is 11.1 Å². The summed E-state index contributed by atoms with van der Waals surface area (Å²) in [4.78, 5) is 11.4. The van der Waals surface area contributed by atoms with Crippen molar-refractivity contribution in [2.45, 2.75) is 39.7 Å². The van der Waals surface area contributed by atoms with Crippen molar-refractivity contribution in [3.05, 3.63) is 0 Å². The Kier molecular flexibility index (Phi) is 8.33. The maximum atomic E-state index is 11.4. The summed E-state index contributed by atoms with van der Waals surface area (Å²) in [6, 6.07) is 0.119. The van der Waals surface area contributed by atoms with E-state index < -0.39 is 0 Å². The highest BCUT2D eigenvalue weighted by Crippen LogP contribution is 1.98. The first kappa shape index (κ1) is 14.4. The average molecular weight is 216 g/mol. The van der Waals surface area contributed by atoms with Crippen LogP contribution in [0.2, 0.25) is 0 Å². The summed E-state index contributed by atoms with van der Waals surface area (Å²) in [5, 5.41) is 3.13. The second-order valence-corrected chi connectivity index (χ2v) is 4.06. The molecule has 0 aromatic heterocycles. The van der Waals surface area contributed by atoms with Crippen molar-refractivity contribution in [3.63, 3.8) is 0 Å². The highest BCUT2D eigenvalue weighted by Gasteiger charge is 2.13. The minimum atomic E-state index is -0.124. The summed E-state index contributed by atoms with van der Waals surface area (Å²) in [5.74, 6) is -0.221. The topological polar surface area (TPSA) is 64.3 Å². The molecule has 3 N–H and O–H groups in total. The monoisotopic (exact) mass is 216 g/mol. The molecule has 0 aliphatic heterocycles. The van der Waals surface area contributed by atoms with Crippen LogP contribution in [-0.4, -0.2) is 31.7 Å². The Balaban J connectivity index is 3.51. The number of carbonyl (C=O) groups is 1. The van der Waals surface area contributed by atoms with Crippen molar-refractivity contribution in [1.82, 2.24) is 5.32 Å². The van der Waals surface area contributed by atoms with Crippen molar-refractivity contribution in [2.24, 2.45) is 11.7 Å². The predicted molar refractivity (Wildman–Crippen MR) is 61.6 cm³/mol.